The Labute approximate surface area is 117 Å². The first kappa shape index (κ1) is 14.0. The van der Waals surface area contributed by atoms with Gasteiger partial charge in [0.1, 0.15) is 0 Å². The Morgan fingerprint density at radius 3 is 2.95 bits per heavy atom. The van der Waals surface area contributed by atoms with Gasteiger partial charge in [-0.1, -0.05) is 24.8 Å². The molecule has 0 aliphatic carbocycles. The number of nitrogens with zero attached hydrogens (tertiary/aromatic N) is 2. The van der Waals surface area contributed by atoms with Crippen LogP contribution in [0.15, 0.2) is 24.4 Å². The van der Waals surface area contributed by atoms with Crippen LogP contribution in [0.5, 0.6) is 0 Å². The van der Waals surface area contributed by atoms with Crippen molar-refractivity contribution < 1.29 is 4.74 Å². The van der Waals surface area contributed by atoms with Crippen LogP contribution in [0.25, 0.3) is 23.9 Å². The zero-order valence-corrected chi connectivity index (χ0v) is 11.7. The first-order valence-corrected chi connectivity index (χ1v) is 6.27. The van der Waals surface area contributed by atoms with E-state index in [-0.39, 0.29) is 5.95 Å². The van der Waals surface area contributed by atoms with Gasteiger partial charge in [-0.25, -0.2) is 9.97 Å². The van der Waals surface area contributed by atoms with Crippen LogP contribution in [0, 0.1) is 0 Å². The van der Waals surface area contributed by atoms with Crippen LogP contribution < -0.4 is 16.3 Å². The quantitative estimate of drug-likeness (QED) is 0.868. The molecule has 0 radical (unpaired) electrons. The number of methoxy groups -OCH3 is 1. The summed E-state index contributed by atoms with van der Waals surface area (Å²) in [5, 5.41) is 1.83. The average molecular weight is 270 g/mol. The van der Waals surface area contributed by atoms with E-state index >= 15 is 0 Å². The summed E-state index contributed by atoms with van der Waals surface area (Å²) in [6, 6.07) is 1.87. The standard InChI is InChI=1S/C15H18N4O/c1-4-5-6-12-10(2)17-8-13(12)14-7-11(9-20-3)18-15(16)19-14/h4-8,17H,2,9H2,1,3H3,(H2,16,18,19)/b5-4-,12-6+. The average Bonchev–Trinajstić information content (AvgIpc) is 2.77. The molecular weight excluding hydrogens is 252 g/mol. The molecule has 2 rings (SSSR count). The zero-order valence-electron chi connectivity index (χ0n) is 11.7. The van der Waals surface area contributed by atoms with Crippen LogP contribution in [0.1, 0.15) is 12.6 Å². The highest BCUT2D eigenvalue weighted by atomic mass is 16.5. The highest BCUT2D eigenvalue weighted by Crippen LogP contribution is 2.14. The maximum Gasteiger partial charge on any atom is 0.220 e. The van der Waals surface area contributed by atoms with Crippen LogP contribution in [0.2, 0.25) is 0 Å². The number of aromatic nitrogens is 3. The van der Waals surface area contributed by atoms with Gasteiger partial charge in [0.05, 0.1) is 18.0 Å². The molecule has 3 N–H and O–H groups in total. The molecule has 0 aliphatic heterocycles. The third-order valence-corrected chi connectivity index (χ3v) is 2.83. The van der Waals surface area contributed by atoms with E-state index in [1.54, 1.807) is 7.11 Å². The van der Waals surface area contributed by atoms with Gasteiger partial charge >= 0.3 is 0 Å². The van der Waals surface area contributed by atoms with Gasteiger partial charge < -0.3 is 15.5 Å². The highest BCUT2D eigenvalue weighted by Gasteiger charge is 2.07. The summed E-state index contributed by atoms with van der Waals surface area (Å²) in [5.41, 5.74) is 8.21. The van der Waals surface area contributed by atoms with Crippen LogP contribution in [-0.4, -0.2) is 22.1 Å². The summed E-state index contributed by atoms with van der Waals surface area (Å²) < 4.78 is 5.09. The lowest BCUT2D eigenvalue weighted by Gasteiger charge is -2.04. The number of hydrogen-bond acceptors (Lipinski definition) is 4. The Hall–Kier alpha value is -2.40. The number of anilines is 1. The van der Waals surface area contributed by atoms with E-state index in [0.717, 1.165) is 27.5 Å². The van der Waals surface area contributed by atoms with Gasteiger partial charge in [-0.2, -0.15) is 0 Å². The number of nitrogen functional groups attached to an aromatic ring is 1. The molecule has 5 heteroatoms. The predicted molar refractivity (Wildman–Crippen MR) is 81.0 cm³/mol. The maximum atomic E-state index is 5.76. The Bertz CT molecular complexity index is 731. The molecule has 5 nitrogen and oxygen atoms in total. The smallest absolute Gasteiger partial charge is 0.220 e. The first-order chi connectivity index (χ1) is 9.65. The minimum atomic E-state index is 0.235. The Balaban J connectivity index is 2.60. The fourth-order valence-corrected chi connectivity index (χ4v) is 1.95. The number of ether oxygens (including phenoxy) is 1. The number of nitrogens with two attached hydrogens (primary N) is 1. The first-order valence-electron chi connectivity index (χ1n) is 6.27. The summed E-state index contributed by atoms with van der Waals surface area (Å²) in [6.45, 7) is 6.34. The summed E-state index contributed by atoms with van der Waals surface area (Å²) in [7, 11) is 1.62. The van der Waals surface area contributed by atoms with E-state index in [4.69, 9.17) is 10.5 Å². The van der Waals surface area contributed by atoms with Gasteiger partial charge in [-0.15, -0.1) is 0 Å². The third kappa shape index (κ3) is 2.95. The van der Waals surface area contributed by atoms with Crippen molar-refractivity contribution in [2.75, 3.05) is 12.8 Å². The van der Waals surface area contributed by atoms with Crippen molar-refractivity contribution in [2.24, 2.45) is 0 Å². The van der Waals surface area contributed by atoms with Crippen LogP contribution in [-0.2, 0) is 11.3 Å². The summed E-state index contributed by atoms with van der Waals surface area (Å²) in [5.74, 6) is 0.235. The highest BCUT2D eigenvalue weighted by molar-refractivity contribution is 5.63. The van der Waals surface area contributed by atoms with E-state index in [9.17, 15) is 0 Å². The normalized spacial score (nSPS) is 12.4. The Kier molecular flexibility index (Phi) is 4.32. The topological polar surface area (TPSA) is 76.8 Å². The van der Waals surface area contributed by atoms with Crippen LogP contribution in [0.4, 0.5) is 5.95 Å². The van der Waals surface area contributed by atoms with Gasteiger partial charge in [0.2, 0.25) is 5.95 Å². The molecule has 0 atom stereocenters. The van der Waals surface area contributed by atoms with Crippen molar-refractivity contribution in [3.8, 4) is 11.3 Å². The number of rotatable bonds is 4. The Morgan fingerprint density at radius 1 is 1.45 bits per heavy atom. The molecule has 0 spiro atoms. The number of nitrogens with one attached hydrogen (secondary N) is 1. The molecule has 0 bridgehead atoms. The van der Waals surface area contributed by atoms with Crippen molar-refractivity contribution in [3.63, 3.8) is 0 Å². The predicted octanol–water partition coefficient (Wildman–Crippen LogP) is 0.967. The minimum Gasteiger partial charge on any atom is -0.378 e. The molecule has 0 aromatic carbocycles. The lowest BCUT2D eigenvalue weighted by atomic mass is 10.1. The van der Waals surface area contributed by atoms with Crippen LogP contribution in [0.3, 0.4) is 0 Å². The molecule has 0 amide bonds. The number of aromatic amines is 1. The van der Waals surface area contributed by atoms with Crippen molar-refractivity contribution in [3.05, 3.63) is 40.7 Å². The second kappa shape index (κ2) is 6.16. The van der Waals surface area contributed by atoms with Crippen molar-refractivity contribution in [1.82, 2.24) is 15.0 Å². The summed E-state index contributed by atoms with van der Waals surface area (Å²) in [6.07, 6.45) is 7.78. The largest absolute Gasteiger partial charge is 0.378 e. The second-order valence-corrected chi connectivity index (χ2v) is 4.32. The lowest BCUT2D eigenvalue weighted by molar-refractivity contribution is 0.181. The third-order valence-electron chi connectivity index (χ3n) is 2.83. The second-order valence-electron chi connectivity index (χ2n) is 4.32. The van der Waals surface area contributed by atoms with E-state index in [1.165, 1.54) is 0 Å². The number of hydrogen-bond donors (Lipinski definition) is 2. The van der Waals surface area contributed by atoms with E-state index in [1.807, 2.05) is 37.4 Å². The molecule has 2 heterocycles. The molecule has 2 aromatic rings. The van der Waals surface area contributed by atoms with E-state index in [2.05, 4.69) is 21.5 Å². The Morgan fingerprint density at radius 2 is 2.25 bits per heavy atom. The molecule has 20 heavy (non-hydrogen) atoms. The van der Waals surface area contributed by atoms with Crippen LogP contribution >= 0.6 is 0 Å². The SMILES string of the molecule is C=c1[nH]cc(-c2cc(COC)nc(N)n2)/c1=C/C=C\C. The number of H-pyrrole nitrogens is 1. The van der Waals surface area contributed by atoms with Gasteiger partial charge in [0.15, 0.2) is 0 Å². The monoisotopic (exact) mass is 270 g/mol. The zero-order chi connectivity index (χ0) is 14.5. The minimum absolute atomic E-state index is 0.235. The fraction of sp³-hybridized carbons (Fsp3) is 0.200. The van der Waals surface area contributed by atoms with Crippen molar-refractivity contribution in [2.45, 2.75) is 13.5 Å². The van der Waals surface area contributed by atoms with Gasteiger partial charge in [-0.05, 0) is 13.0 Å². The molecule has 0 aliphatic rings. The molecule has 0 fully saturated rings. The van der Waals surface area contributed by atoms with E-state index in [0.29, 0.717) is 6.61 Å². The summed E-state index contributed by atoms with van der Waals surface area (Å²) in [4.78, 5) is 11.5. The molecular formula is C15H18N4O. The van der Waals surface area contributed by atoms with Gasteiger partial charge in [0, 0.05) is 29.4 Å². The van der Waals surface area contributed by atoms with Crippen molar-refractivity contribution in [1.29, 1.82) is 0 Å². The molecule has 104 valence electrons. The molecule has 0 saturated carbocycles. The lowest BCUT2D eigenvalue weighted by Crippen LogP contribution is -2.22. The molecule has 0 unspecified atom stereocenters. The summed E-state index contributed by atoms with van der Waals surface area (Å²) >= 11 is 0. The van der Waals surface area contributed by atoms with Gasteiger partial charge in [0.25, 0.3) is 0 Å². The molecule has 0 saturated heterocycles. The fourth-order valence-electron chi connectivity index (χ4n) is 1.95. The van der Waals surface area contributed by atoms with Gasteiger partial charge in [-0.3, -0.25) is 0 Å². The van der Waals surface area contributed by atoms with Crippen molar-refractivity contribution >= 4 is 18.6 Å². The maximum absolute atomic E-state index is 5.76. The molecule has 2 aromatic heterocycles. The van der Waals surface area contributed by atoms with E-state index < -0.39 is 0 Å². The number of allylic oxidation sites excluding steroid dienone is 2.